The number of thioether (sulfide) groups is 1. The van der Waals surface area contributed by atoms with Crippen molar-refractivity contribution in [3.05, 3.63) is 34.2 Å². The Morgan fingerprint density at radius 3 is 2.50 bits per heavy atom. The Morgan fingerprint density at radius 1 is 1.30 bits per heavy atom. The molecule has 8 heteroatoms. The number of para-hydroxylation sites is 1. The van der Waals surface area contributed by atoms with Gasteiger partial charge in [-0.1, -0.05) is 12.1 Å². The van der Waals surface area contributed by atoms with Gasteiger partial charge in [-0.15, -0.1) is 0 Å². The fourth-order valence-electron chi connectivity index (χ4n) is 1.68. The number of hydrogen-bond donors (Lipinski definition) is 1. The van der Waals surface area contributed by atoms with Gasteiger partial charge in [-0.25, -0.2) is 0 Å². The molecule has 0 bridgehead atoms. The number of benzene rings is 1. The molecule has 1 aromatic carbocycles. The van der Waals surface area contributed by atoms with Crippen molar-refractivity contribution in [3.63, 3.8) is 0 Å². The molecule has 1 saturated heterocycles. The van der Waals surface area contributed by atoms with Crippen LogP contribution in [0.15, 0.2) is 23.1 Å². The summed E-state index contributed by atoms with van der Waals surface area (Å²) in [6.45, 7) is 0. The molecule has 1 aromatic rings. The van der Waals surface area contributed by atoms with Crippen LogP contribution in [0, 0.1) is 0 Å². The Kier molecular flexibility index (Phi) is 3.76. The minimum atomic E-state index is -4.57. The summed E-state index contributed by atoms with van der Waals surface area (Å²) in [5.74, 6) is -1.03. The first-order chi connectivity index (χ1) is 9.32. The normalized spacial score (nSPS) is 17.5. The van der Waals surface area contributed by atoms with Crippen molar-refractivity contribution in [1.82, 2.24) is 5.32 Å². The van der Waals surface area contributed by atoms with E-state index in [0.29, 0.717) is 11.8 Å². The quantitative estimate of drug-likeness (QED) is 0.853. The van der Waals surface area contributed by atoms with Gasteiger partial charge in [0.05, 0.1) is 17.6 Å². The van der Waals surface area contributed by atoms with Crippen molar-refractivity contribution in [3.8, 4) is 5.75 Å². The summed E-state index contributed by atoms with van der Waals surface area (Å²) in [6.07, 6.45) is -3.38. The number of hydrogen-bond acceptors (Lipinski definition) is 4. The maximum Gasteiger partial charge on any atom is 0.419 e. The van der Waals surface area contributed by atoms with Crippen molar-refractivity contribution in [2.75, 3.05) is 7.11 Å². The van der Waals surface area contributed by atoms with Gasteiger partial charge in [0.15, 0.2) is 0 Å². The van der Waals surface area contributed by atoms with E-state index in [1.807, 2.05) is 5.32 Å². The molecule has 1 heterocycles. The predicted molar refractivity (Wildman–Crippen MR) is 67.1 cm³/mol. The summed E-state index contributed by atoms with van der Waals surface area (Å²) >= 11 is 0.626. The summed E-state index contributed by atoms with van der Waals surface area (Å²) in [5.41, 5.74) is -0.862. The highest BCUT2D eigenvalue weighted by Gasteiger charge is 2.35. The molecule has 0 aromatic heterocycles. The van der Waals surface area contributed by atoms with E-state index in [1.54, 1.807) is 0 Å². The van der Waals surface area contributed by atoms with Gasteiger partial charge < -0.3 is 4.74 Å². The van der Waals surface area contributed by atoms with E-state index < -0.39 is 22.9 Å². The molecule has 20 heavy (non-hydrogen) atoms. The molecule has 106 valence electrons. The molecule has 0 atom stereocenters. The van der Waals surface area contributed by atoms with Crippen LogP contribution in [-0.4, -0.2) is 18.3 Å². The van der Waals surface area contributed by atoms with E-state index in [4.69, 9.17) is 4.74 Å². The summed E-state index contributed by atoms with van der Waals surface area (Å²) in [6, 6.07) is 3.46. The van der Waals surface area contributed by atoms with Gasteiger partial charge in [0, 0.05) is 5.56 Å². The third kappa shape index (κ3) is 2.79. The van der Waals surface area contributed by atoms with Gasteiger partial charge in [-0.05, 0) is 23.9 Å². The average Bonchev–Trinajstić information content (AvgIpc) is 2.66. The third-order valence-electron chi connectivity index (χ3n) is 2.48. The third-order valence-corrected chi connectivity index (χ3v) is 3.29. The highest BCUT2D eigenvalue weighted by Crippen LogP contribution is 2.39. The molecule has 1 N–H and O–H groups in total. The molecule has 1 fully saturated rings. The molecular formula is C12H8F3NO3S. The summed E-state index contributed by atoms with van der Waals surface area (Å²) in [5, 5.41) is 1.46. The van der Waals surface area contributed by atoms with Crippen molar-refractivity contribution in [1.29, 1.82) is 0 Å². The first-order valence-corrected chi connectivity index (χ1v) is 6.13. The number of imide groups is 1. The topological polar surface area (TPSA) is 55.4 Å². The summed E-state index contributed by atoms with van der Waals surface area (Å²) in [4.78, 5) is 22.4. The van der Waals surface area contributed by atoms with Crippen molar-refractivity contribution >= 4 is 29.0 Å². The number of rotatable bonds is 2. The second-order valence-electron chi connectivity index (χ2n) is 3.78. The fraction of sp³-hybridized carbons (Fsp3) is 0.167. The minimum absolute atomic E-state index is 0.0209. The van der Waals surface area contributed by atoms with E-state index in [-0.39, 0.29) is 16.2 Å². The van der Waals surface area contributed by atoms with Crippen molar-refractivity contribution in [2.24, 2.45) is 0 Å². The smallest absolute Gasteiger partial charge is 0.419 e. The molecule has 0 saturated carbocycles. The first-order valence-electron chi connectivity index (χ1n) is 5.32. The fourth-order valence-corrected chi connectivity index (χ4v) is 2.35. The Hall–Kier alpha value is -1.96. The van der Waals surface area contributed by atoms with Crippen LogP contribution in [0.2, 0.25) is 0 Å². The van der Waals surface area contributed by atoms with Gasteiger partial charge >= 0.3 is 6.18 Å². The van der Waals surface area contributed by atoms with Crippen LogP contribution in [-0.2, 0) is 11.0 Å². The average molecular weight is 303 g/mol. The van der Waals surface area contributed by atoms with Crippen molar-refractivity contribution in [2.45, 2.75) is 6.18 Å². The Labute approximate surface area is 116 Å². The van der Waals surface area contributed by atoms with Crippen LogP contribution < -0.4 is 10.1 Å². The van der Waals surface area contributed by atoms with Gasteiger partial charge in [0.1, 0.15) is 5.75 Å². The molecule has 2 amide bonds. The zero-order valence-electron chi connectivity index (χ0n) is 10.1. The number of alkyl halides is 3. The number of carbonyl (C=O) groups is 2. The lowest BCUT2D eigenvalue weighted by Crippen LogP contribution is -2.17. The molecule has 0 radical (unpaired) electrons. The zero-order chi connectivity index (χ0) is 14.9. The predicted octanol–water partition coefficient (Wildman–Crippen LogP) is 3.04. The van der Waals surface area contributed by atoms with E-state index in [2.05, 4.69) is 0 Å². The van der Waals surface area contributed by atoms with E-state index in [9.17, 15) is 22.8 Å². The molecule has 0 spiro atoms. The SMILES string of the molecule is COc1c(/C=C2\SC(=O)NC2=O)cccc1C(F)(F)F. The van der Waals surface area contributed by atoms with Gasteiger partial charge in [0.25, 0.3) is 11.1 Å². The Balaban J connectivity index is 2.51. The Morgan fingerprint density at radius 2 is 2.00 bits per heavy atom. The highest BCUT2D eigenvalue weighted by atomic mass is 32.2. The Bertz CT molecular complexity index is 610. The molecule has 0 unspecified atom stereocenters. The maximum absolute atomic E-state index is 12.8. The van der Waals surface area contributed by atoms with E-state index >= 15 is 0 Å². The lowest BCUT2D eigenvalue weighted by molar-refractivity contribution is -0.138. The number of ether oxygens (including phenoxy) is 1. The van der Waals surface area contributed by atoms with Gasteiger partial charge in [0.2, 0.25) is 0 Å². The number of halogens is 3. The number of amides is 2. The second-order valence-corrected chi connectivity index (χ2v) is 4.79. The number of carbonyl (C=O) groups excluding carboxylic acids is 2. The molecule has 0 aliphatic carbocycles. The van der Waals surface area contributed by atoms with Crippen LogP contribution in [0.5, 0.6) is 5.75 Å². The largest absolute Gasteiger partial charge is 0.495 e. The number of methoxy groups -OCH3 is 1. The summed E-state index contributed by atoms with van der Waals surface area (Å²) < 4.78 is 43.3. The van der Waals surface area contributed by atoms with Crippen LogP contribution in [0.25, 0.3) is 6.08 Å². The van der Waals surface area contributed by atoms with Gasteiger partial charge in [-0.2, -0.15) is 13.2 Å². The zero-order valence-corrected chi connectivity index (χ0v) is 10.9. The van der Waals surface area contributed by atoms with Crippen LogP contribution in [0.3, 0.4) is 0 Å². The summed E-state index contributed by atoms with van der Waals surface area (Å²) in [7, 11) is 1.11. The van der Waals surface area contributed by atoms with E-state index in [0.717, 1.165) is 13.2 Å². The first kappa shape index (κ1) is 14.4. The molecule has 4 nitrogen and oxygen atoms in total. The van der Waals surface area contributed by atoms with E-state index in [1.165, 1.54) is 18.2 Å². The highest BCUT2D eigenvalue weighted by molar-refractivity contribution is 8.18. The molecular weight excluding hydrogens is 295 g/mol. The maximum atomic E-state index is 12.8. The van der Waals surface area contributed by atoms with Crippen LogP contribution >= 0.6 is 11.8 Å². The molecule has 1 aliphatic heterocycles. The standard InChI is InChI=1S/C12H8F3NO3S/c1-19-9-6(3-2-4-7(9)12(13,14)15)5-8-10(17)16-11(18)20-8/h2-5H,1H3,(H,16,17,18)/b8-5-. The molecule has 1 aliphatic rings. The van der Waals surface area contributed by atoms with Crippen LogP contribution in [0.1, 0.15) is 11.1 Å². The second kappa shape index (κ2) is 5.20. The van der Waals surface area contributed by atoms with Crippen molar-refractivity contribution < 1.29 is 27.5 Å². The molecule has 2 rings (SSSR count). The lowest BCUT2D eigenvalue weighted by Gasteiger charge is -2.14. The number of nitrogens with one attached hydrogen (secondary N) is 1. The lowest BCUT2D eigenvalue weighted by atomic mass is 10.1. The minimum Gasteiger partial charge on any atom is -0.495 e. The van der Waals surface area contributed by atoms with Gasteiger partial charge in [-0.3, -0.25) is 14.9 Å². The monoisotopic (exact) mass is 303 g/mol. The van der Waals surface area contributed by atoms with Crippen LogP contribution in [0.4, 0.5) is 18.0 Å².